The molecule has 0 bridgehead atoms. The van der Waals surface area contributed by atoms with E-state index in [1.54, 1.807) is 25.1 Å². The normalized spacial score (nSPS) is 9.20. The number of hydrogen-bond acceptors (Lipinski definition) is 2. The highest BCUT2D eigenvalue weighted by atomic mass is 16.4. The monoisotopic (exact) mass is 203 g/mol. The predicted molar refractivity (Wildman–Crippen MR) is 58.9 cm³/mol. The lowest BCUT2D eigenvalue weighted by Gasteiger charge is -2.00. The molecule has 1 aromatic carbocycles. The van der Waals surface area contributed by atoms with Gasteiger partial charge in [-0.2, -0.15) is 0 Å². The second-order valence-corrected chi connectivity index (χ2v) is 3.17. The molecule has 3 heteroatoms. The van der Waals surface area contributed by atoms with Gasteiger partial charge in [-0.1, -0.05) is 11.8 Å². The Kier molecular flexibility index (Phi) is 3.90. The fourth-order valence-corrected chi connectivity index (χ4v) is 1.22. The smallest absolute Gasteiger partial charge is 0.335 e. The second-order valence-electron chi connectivity index (χ2n) is 3.17. The van der Waals surface area contributed by atoms with E-state index in [1.165, 1.54) is 0 Å². The molecule has 0 saturated carbocycles. The molecule has 0 aliphatic rings. The molecule has 0 unspecified atom stereocenters. The third-order valence-corrected chi connectivity index (χ3v) is 1.95. The zero-order valence-electron chi connectivity index (χ0n) is 8.79. The van der Waals surface area contributed by atoms with Crippen molar-refractivity contribution in [1.29, 1.82) is 0 Å². The van der Waals surface area contributed by atoms with Gasteiger partial charge in [0.25, 0.3) is 0 Å². The van der Waals surface area contributed by atoms with Crippen LogP contribution in [0.3, 0.4) is 0 Å². The number of benzene rings is 1. The van der Waals surface area contributed by atoms with Gasteiger partial charge in [0.05, 0.1) is 12.1 Å². The van der Waals surface area contributed by atoms with Crippen LogP contribution in [0, 0.1) is 18.8 Å². The maximum atomic E-state index is 10.7. The van der Waals surface area contributed by atoms with E-state index >= 15 is 0 Å². The quantitative estimate of drug-likeness (QED) is 0.711. The average Bonchev–Trinajstić information content (AvgIpc) is 2.17. The lowest BCUT2D eigenvalue weighted by atomic mass is 10.1. The summed E-state index contributed by atoms with van der Waals surface area (Å²) >= 11 is 0. The van der Waals surface area contributed by atoms with Crippen molar-refractivity contribution < 1.29 is 9.90 Å². The maximum absolute atomic E-state index is 10.7. The highest BCUT2D eigenvalue weighted by Gasteiger charge is 2.05. The number of rotatable bonds is 2. The molecule has 0 aromatic heterocycles. The molecular weight excluding hydrogens is 190 g/mol. The summed E-state index contributed by atoms with van der Waals surface area (Å²) < 4.78 is 0. The minimum absolute atomic E-state index is 0.328. The van der Waals surface area contributed by atoms with Gasteiger partial charge < -0.3 is 10.4 Å². The number of aryl methyl sites for hydroxylation is 1. The summed E-state index contributed by atoms with van der Waals surface area (Å²) in [4.78, 5) is 10.7. The Bertz CT molecular complexity index is 427. The van der Waals surface area contributed by atoms with Gasteiger partial charge in [-0.15, -0.1) is 0 Å². The first-order valence-electron chi connectivity index (χ1n) is 4.62. The third-order valence-electron chi connectivity index (χ3n) is 1.95. The van der Waals surface area contributed by atoms with Gasteiger partial charge in [-0.05, 0) is 37.7 Å². The van der Waals surface area contributed by atoms with E-state index in [0.29, 0.717) is 12.1 Å². The summed E-state index contributed by atoms with van der Waals surface area (Å²) in [6.45, 7) is 2.40. The maximum Gasteiger partial charge on any atom is 0.335 e. The molecule has 1 aromatic rings. The Morgan fingerprint density at radius 1 is 1.53 bits per heavy atom. The summed E-state index contributed by atoms with van der Waals surface area (Å²) in [6, 6.07) is 5.09. The van der Waals surface area contributed by atoms with E-state index in [-0.39, 0.29) is 0 Å². The molecule has 2 N–H and O–H groups in total. The minimum Gasteiger partial charge on any atom is -0.478 e. The van der Waals surface area contributed by atoms with E-state index in [1.807, 2.05) is 7.05 Å². The summed E-state index contributed by atoms with van der Waals surface area (Å²) in [6.07, 6.45) is 0. The van der Waals surface area contributed by atoms with Gasteiger partial charge in [-0.25, -0.2) is 4.79 Å². The van der Waals surface area contributed by atoms with E-state index in [4.69, 9.17) is 5.11 Å². The van der Waals surface area contributed by atoms with Crippen LogP contribution in [0.1, 0.15) is 21.5 Å². The molecule has 0 radical (unpaired) electrons. The number of carbonyl (C=O) groups is 1. The zero-order chi connectivity index (χ0) is 11.3. The van der Waals surface area contributed by atoms with Crippen LogP contribution < -0.4 is 5.32 Å². The van der Waals surface area contributed by atoms with Crippen molar-refractivity contribution in [2.45, 2.75) is 6.92 Å². The van der Waals surface area contributed by atoms with E-state index in [0.717, 1.165) is 11.1 Å². The Labute approximate surface area is 89.1 Å². The van der Waals surface area contributed by atoms with Crippen molar-refractivity contribution in [2.24, 2.45) is 0 Å². The predicted octanol–water partition coefficient (Wildman–Crippen LogP) is 1.26. The van der Waals surface area contributed by atoms with Gasteiger partial charge in [0.15, 0.2) is 0 Å². The molecule has 3 nitrogen and oxygen atoms in total. The molecule has 0 saturated heterocycles. The summed E-state index contributed by atoms with van der Waals surface area (Å²) in [5, 5.41) is 11.7. The number of nitrogens with one attached hydrogen (secondary N) is 1. The van der Waals surface area contributed by atoms with Gasteiger partial charge in [0, 0.05) is 5.56 Å². The fraction of sp³-hybridized carbons (Fsp3) is 0.250. The van der Waals surface area contributed by atoms with Gasteiger partial charge in [-0.3, -0.25) is 0 Å². The molecule has 78 valence electrons. The molecule has 15 heavy (non-hydrogen) atoms. The Morgan fingerprint density at radius 3 is 2.80 bits per heavy atom. The Morgan fingerprint density at radius 2 is 2.27 bits per heavy atom. The van der Waals surface area contributed by atoms with Crippen LogP contribution in [-0.4, -0.2) is 24.7 Å². The van der Waals surface area contributed by atoms with Crippen LogP contribution in [0.4, 0.5) is 0 Å². The summed E-state index contributed by atoms with van der Waals surface area (Å²) in [5.74, 6) is 4.97. The molecule has 1 rings (SSSR count). The third kappa shape index (κ3) is 3.12. The minimum atomic E-state index is -0.901. The molecule has 0 fully saturated rings. The Hall–Kier alpha value is -1.79. The van der Waals surface area contributed by atoms with Crippen LogP contribution in [-0.2, 0) is 0 Å². The number of carboxylic acid groups (broad SMARTS) is 1. The van der Waals surface area contributed by atoms with Crippen LogP contribution in [0.2, 0.25) is 0 Å². The second kappa shape index (κ2) is 5.18. The van der Waals surface area contributed by atoms with E-state index < -0.39 is 5.97 Å². The van der Waals surface area contributed by atoms with Crippen molar-refractivity contribution in [1.82, 2.24) is 5.32 Å². The first-order valence-corrected chi connectivity index (χ1v) is 4.62. The molecular formula is C12H13NO2. The lowest BCUT2D eigenvalue weighted by molar-refractivity contribution is 0.0696. The lowest BCUT2D eigenvalue weighted by Crippen LogP contribution is -2.04. The van der Waals surface area contributed by atoms with Crippen LogP contribution in [0.25, 0.3) is 0 Å². The largest absolute Gasteiger partial charge is 0.478 e. The average molecular weight is 203 g/mol. The molecule has 0 atom stereocenters. The van der Waals surface area contributed by atoms with Crippen molar-refractivity contribution in [3.8, 4) is 11.8 Å². The van der Waals surface area contributed by atoms with E-state index in [9.17, 15) is 4.79 Å². The summed E-state index contributed by atoms with van der Waals surface area (Å²) in [5.41, 5.74) is 1.90. The highest BCUT2D eigenvalue weighted by Crippen LogP contribution is 2.10. The number of aromatic carboxylic acids is 1. The molecule has 0 aliphatic heterocycles. The van der Waals surface area contributed by atoms with Crippen molar-refractivity contribution >= 4 is 5.97 Å². The fourth-order valence-electron chi connectivity index (χ4n) is 1.22. The highest BCUT2D eigenvalue weighted by molar-refractivity contribution is 5.89. The summed E-state index contributed by atoms with van der Waals surface area (Å²) in [7, 11) is 1.83. The van der Waals surface area contributed by atoms with Crippen molar-refractivity contribution in [2.75, 3.05) is 13.6 Å². The molecule has 0 spiro atoms. The van der Waals surface area contributed by atoms with E-state index in [2.05, 4.69) is 17.2 Å². The molecule has 0 aliphatic carbocycles. The van der Waals surface area contributed by atoms with Crippen LogP contribution >= 0.6 is 0 Å². The standard InChI is InChI=1S/C12H13NO2/c1-9-8-10(4-3-7-13-2)5-6-11(9)12(14)15/h5-6,8,13H,7H2,1-2H3,(H,14,15). The molecule has 0 heterocycles. The Balaban J connectivity index is 2.93. The van der Waals surface area contributed by atoms with Crippen LogP contribution in [0.5, 0.6) is 0 Å². The number of hydrogen-bond donors (Lipinski definition) is 2. The van der Waals surface area contributed by atoms with Crippen LogP contribution in [0.15, 0.2) is 18.2 Å². The van der Waals surface area contributed by atoms with Gasteiger partial charge in [0.1, 0.15) is 0 Å². The SMILES string of the molecule is CNCC#Cc1ccc(C(=O)O)c(C)c1. The zero-order valence-corrected chi connectivity index (χ0v) is 8.79. The van der Waals surface area contributed by atoms with Gasteiger partial charge >= 0.3 is 5.97 Å². The first-order chi connectivity index (χ1) is 7.15. The van der Waals surface area contributed by atoms with Crippen molar-refractivity contribution in [3.63, 3.8) is 0 Å². The number of carboxylic acids is 1. The topological polar surface area (TPSA) is 49.3 Å². The van der Waals surface area contributed by atoms with Crippen molar-refractivity contribution in [3.05, 3.63) is 34.9 Å². The first kappa shape index (κ1) is 11.3. The molecule has 0 amide bonds. The van der Waals surface area contributed by atoms with Gasteiger partial charge in [0.2, 0.25) is 0 Å².